The van der Waals surface area contributed by atoms with Crippen molar-refractivity contribution in [2.75, 3.05) is 6.54 Å². The third-order valence-corrected chi connectivity index (χ3v) is 5.57. The van der Waals surface area contributed by atoms with Crippen molar-refractivity contribution in [3.05, 3.63) is 44.8 Å². The average molecular weight is 444 g/mol. The van der Waals surface area contributed by atoms with Crippen molar-refractivity contribution in [1.29, 1.82) is 0 Å². The van der Waals surface area contributed by atoms with Crippen LogP contribution in [0.2, 0.25) is 0 Å². The lowest BCUT2D eigenvalue weighted by Gasteiger charge is -2.35. The molecule has 16 heteroatoms. The molecule has 3 amide bonds. The first kappa shape index (κ1) is 20.4. The van der Waals surface area contributed by atoms with Crippen molar-refractivity contribution >= 4 is 39.4 Å². The lowest BCUT2D eigenvalue weighted by Crippen LogP contribution is -2.66. The summed E-state index contributed by atoms with van der Waals surface area (Å²) in [5, 5.41) is 18.7. The van der Waals surface area contributed by atoms with Gasteiger partial charge in [0.25, 0.3) is 11.8 Å². The highest BCUT2D eigenvalue weighted by molar-refractivity contribution is 7.84. The number of rotatable bonds is 6. The van der Waals surface area contributed by atoms with Gasteiger partial charge in [-0.05, 0) is 11.4 Å². The Morgan fingerprint density at radius 2 is 2.07 bits per heavy atom. The lowest BCUT2D eigenvalue weighted by molar-refractivity contribution is -0.141. The normalized spacial score (nSPS) is 17.3. The third kappa shape index (κ3) is 4.23. The van der Waals surface area contributed by atoms with Crippen molar-refractivity contribution < 1.29 is 32.6 Å². The van der Waals surface area contributed by atoms with Crippen molar-refractivity contribution in [1.82, 2.24) is 29.9 Å². The molecule has 4 N–H and O–H groups in total. The molecule has 0 aromatic carbocycles. The zero-order valence-corrected chi connectivity index (χ0v) is 15.8. The molecule has 154 valence electrons. The Balaban J connectivity index is 1.77. The Morgan fingerprint density at radius 3 is 2.66 bits per heavy atom. The van der Waals surface area contributed by atoms with E-state index >= 15 is 0 Å². The summed E-state index contributed by atoms with van der Waals surface area (Å²) in [6.07, 6.45) is 0.672. The summed E-state index contributed by atoms with van der Waals surface area (Å²) < 4.78 is 31.0. The zero-order chi connectivity index (χ0) is 21.3. The maximum Gasteiger partial charge on any atom is 0.362 e. The lowest BCUT2D eigenvalue weighted by atomic mass is 10.1. The van der Waals surface area contributed by atoms with E-state index in [9.17, 15) is 32.8 Å². The second-order valence-electron chi connectivity index (χ2n) is 5.65. The molecule has 0 bridgehead atoms. The zero-order valence-electron chi connectivity index (χ0n) is 14.1. The number of hydrogen-bond donors (Lipinski definition) is 4. The van der Waals surface area contributed by atoms with E-state index in [1.165, 1.54) is 6.07 Å². The van der Waals surface area contributed by atoms with Gasteiger partial charge < -0.3 is 15.8 Å². The minimum atomic E-state index is -4.72. The predicted octanol–water partition coefficient (Wildman–Crippen LogP) is -2.46. The van der Waals surface area contributed by atoms with E-state index in [4.69, 9.17) is 4.55 Å². The van der Waals surface area contributed by atoms with E-state index in [0.717, 1.165) is 11.3 Å². The van der Waals surface area contributed by atoms with Crippen LogP contribution in [-0.4, -0.2) is 67.7 Å². The Bertz CT molecular complexity index is 1130. The smallest absolute Gasteiger partial charge is 0.362 e. The number of thiophene rings is 1. The van der Waals surface area contributed by atoms with Crippen molar-refractivity contribution in [2.24, 2.45) is 0 Å². The van der Waals surface area contributed by atoms with E-state index in [1.54, 1.807) is 11.4 Å². The van der Waals surface area contributed by atoms with E-state index in [1.807, 2.05) is 0 Å². The Kier molecular flexibility index (Phi) is 5.31. The number of β-lactam (4-membered cyclic amide) rings is 1. The topological polar surface area (TPSA) is 201 Å². The van der Waals surface area contributed by atoms with Crippen molar-refractivity contribution in [3.8, 4) is 0 Å². The molecule has 3 rings (SSSR count). The van der Waals surface area contributed by atoms with Crippen molar-refractivity contribution in [3.63, 3.8) is 0 Å². The number of hydrogen-bond acceptors (Lipinski definition) is 10. The first-order valence-electron chi connectivity index (χ1n) is 7.67. The molecule has 0 spiro atoms. The third-order valence-electron chi connectivity index (χ3n) is 3.75. The molecule has 1 saturated heterocycles. The molecular weight excluding hydrogens is 432 g/mol. The summed E-state index contributed by atoms with van der Waals surface area (Å²) in [5.74, 6) is -3.03. The van der Waals surface area contributed by atoms with Crippen LogP contribution in [0.4, 0.5) is 0 Å². The molecule has 1 fully saturated rings. The summed E-state index contributed by atoms with van der Waals surface area (Å²) in [6, 6.07) is 0.506. The van der Waals surface area contributed by atoms with Crippen LogP contribution in [-0.2, 0) is 19.9 Å². The average Bonchev–Trinajstić information content (AvgIpc) is 3.17. The Morgan fingerprint density at radius 1 is 1.34 bits per heavy atom. The van der Waals surface area contributed by atoms with Crippen LogP contribution in [0, 0.1) is 0 Å². The second kappa shape index (κ2) is 7.57. The minimum Gasteiger partial charge on any atom is -0.410 e. The van der Waals surface area contributed by atoms with Crippen LogP contribution in [0.15, 0.2) is 28.6 Å². The van der Waals surface area contributed by atoms with Crippen LogP contribution in [0.25, 0.3) is 0 Å². The maximum atomic E-state index is 12.6. The molecule has 29 heavy (non-hydrogen) atoms. The molecule has 1 aliphatic rings. The fourth-order valence-electron chi connectivity index (χ4n) is 2.37. The van der Waals surface area contributed by atoms with E-state index < -0.39 is 57.9 Å². The van der Waals surface area contributed by atoms with Gasteiger partial charge in [-0.15, -0.1) is 16.4 Å². The van der Waals surface area contributed by atoms with Crippen LogP contribution in [0.1, 0.15) is 21.4 Å². The van der Waals surface area contributed by atoms with Crippen LogP contribution >= 0.6 is 11.3 Å². The van der Waals surface area contributed by atoms with Gasteiger partial charge in [0.05, 0.1) is 6.54 Å². The Labute approximate surface area is 165 Å². The number of amides is 3. The number of carbonyl (C=O) groups excluding carboxylic acids is 3. The van der Waals surface area contributed by atoms with E-state index in [2.05, 4.69) is 20.7 Å². The van der Waals surface area contributed by atoms with Gasteiger partial charge in [0.2, 0.25) is 11.6 Å². The van der Waals surface area contributed by atoms with Crippen LogP contribution in [0.3, 0.4) is 0 Å². The van der Waals surface area contributed by atoms with Gasteiger partial charge in [-0.3, -0.25) is 23.7 Å². The fraction of sp³-hybridized carbons (Fsp3) is 0.231. The second-order valence-corrected chi connectivity index (χ2v) is 7.96. The summed E-state index contributed by atoms with van der Waals surface area (Å²) in [5.41, 5.74) is -1.82. The number of nitrogens with zero attached hydrogens (tertiary/aromatic N) is 4. The predicted molar refractivity (Wildman–Crippen MR) is 93.2 cm³/mol. The molecule has 0 aliphatic carbocycles. The Hall–Kier alpha value is -3.37. The number of nitrogens with one attached hydrogen (secondary N) is 2. The van der Waals surface area contributed by atoms with Gasteiger partial charge in [0.15, 0.2) is 6.33 Å². The van der Waals surface area contributed by atoms with E-state index in [0.29, 0.717) is 11.2 Å². The van der Waals surface area contributed by atoms with E-state index in [-0.39, 0.29) is 9.15 Å². The highest BCUT2D eigenvalue weighted by Crippen LogP contribution is 2.21. The molecule has 1 aliphatic heterocycles. The summed E-state index contributed by atoms with van der Waals surface area (Å²) in [7, 11) is -4.72. The quantitative estimate of drug-likeness (QED) is 0.210. The standard InChI is InChI=1S/C13H12N6O8S2/c20-10-9(17-19(24)5-14-10)12(22)16-8(7-2-1-3-28-7)11(21)15-6-4-18(13(6)23)29(25,26)27/h1-3,5-6,8,24H,4H2,(H,15,21)(H,16,22)(H,25,26,27). The maximum absolute atomic E-state index is 12.6. The van der Waals surface area contributed by atoms with Gasteiger partial charge in [0, 0.05) is 4.88 Å². The summed E-state index contributed by atoms with van der Waals surface area (Å²) in [6.45, 7) is -0.478. The van der Waals surface area contributed by atoms with Gasteiger partial charge in [-0.1, -0.05) is 10.9 Å². The molecule has 2 aromatic rings. The van der Waals surface area contributed by atoms with Crippen LogP contribution < -0.4 is 16.2 Å². The summed E-state index contributed by atoms with van der Waals surface area (Å²) >= 11 is 1.09. The highest BCUT2D eigenvalue weighted by Gasteiger charge is 2.45. The molecule has 2 unspecified atom stereocenters. The monoisotopic (exact) mass is 444 g/mol. The first-order valence-corrected chi connectivity index (χ1v) is 9.94. The minimum absolute atomic E-state index is 0.146. The molecule has 0 radical (unpaired) electrons. The highest BCUT2D eigenvalue weighted by atomic mass is 32.2. The van der Waals surface area contributed by atoms with Gasteiger partial charge in [-0.2, -0.15) is 13.4 Å². The number of carbonyl (C=O) groups is 3. The summed E-state index contributed by atoms with van der Waals surface area (Å²) in [4.78, 5) is 52.1. The van der Waals surface area contributed by atoms with Crippen molar-refractivity contribution in [2.45, 2.75) is 12.1 Å². The van der Waals surface area contributed by atoms with Crippen LogP contribution in [0.5, 0.6) is 0 Å². The van der Waals surface area contributed by atoms with Gasteiger partial charge in [-0.25, -0.2) is 4.31 Å². The van der Waals surface area contributed by atoms with Gasteiger partial charge >= 0.3 is 15.9 Å². The van der Waals surface area contributed by atoms with Gasteiger partial charge in [0.1, 0.15) is 12.1 Å². The molecule has 14 nitrogen and oxygen atoms in total. The molecule has 3 heterocycles. The molecule has 2 atom stereocenters. The SMILES string of the molecule is O=C(NC(C(=O)NC1CN(S(=O)(=O)O)C1=O)c1cccs1)c1nn(O)cnc1=O. The molecule has 0 saturated carbocycles. The molecule has 2 aromatic heterocycles. The fourth-order valence-corrected chi connectivity index (χ4v) is 3.83. The largest absolute Gasteiger partial charge is 0.410 e. The first-order chi connectivity index (χ1) is 13.6. The molecular formula is C13H12N6O8S2. The number of aromatic nitrogens is 3.